The van der Waals surface area contributed by atoms with Crippen LogP contribution in [-0.4, -0.2) is 11.4 Å². The van der Waals surface area contributed by atoms with Crippen molar-refractivity contribution in [2.45, 2.75) is 85.0 Å². The molecule has 0 spiro atoms. The van der Waals surface area contributed by atoms with E-state index < -0.39 is 0 Å². The summed E-state index contributed by atoms with van der Waals surface area (Å²) in [6, 6.07) is 15.2. The molecule has 174 valence electrons. The lowest BCUT2D eigenvalue weighted by Gasteiger charge is -2.27. The van der Waals surface area contributed by atoms with Gasteiger partial charge in [-0.1, -0.05) is 110 Å². The van der Waals surface area contributed by atoms with Crippen molar-refractivity contribution in [3.8, 4) is 0 Å². The van der Waals surface area contributed by atoms with Crippen molar-refractivity contribution in [3.63, 3.8) is 0 Å². The van der Waals surface area contributed by atoms with Crippen LogP contribution in [0, 0.1) is 10.8 Å². The van der Waals surface area contributed by atoms with Gasteiger partial charge in [-0.2, -0.15) is 0 Å². The van der Waals surface area contributed by atoms with Crippen molar-refractivity contribution in [2.75, 3.05) is 0 Å². The number of hydrogen-bond donors (Lipinski definition) is 2. The van der Waals surface area contributed by atoms with Crippen molar-refractivity contribution in [3.05, 3.63) is 82.4 Å². The van der Waals surface area contributed by atoms with Crippen LogP contribution >= 0.6 is 0 Å². The van der Waals surface area contributed by atoms with Gasteiger partial charge in [-0.3, -0.25) is 10.8 Å². The van der Waals surface area contributed by atoms with Gasteiger partial charge in [-0.25, -0.2) is 0 Å². The molecule has 2 aromatic rings. The summed E-state index contributed by atoms with van der Waals surface area (Å²) in [4.78, 5) is 0. The van der Waals surface area contributed by atoms with E-state index >= 15 is 0 Å². The Labute approximate surface area is 200 Å². The maximum absolute atomic E-state index is 8.91. The summed E-state index contributed by atoms with van der Waals surface area (Å²) in [5, 5.41) is 17.7. The van der Waals surface area contributed by atoms with Gasteiger partial charge in [0, 0.05) is 11.1 Å². The molecular weight excluding hydrogens is 400 g/mol. The Morgan fingerprint density at radius 3 is 1.67 bits per heavy atom. The minimum absolute atomic E-state index is 0.0762. The highest BCUT2D eigenvalue weighted by Gasteiger charge is 2.26. The molecule has 2 nitrogen and oxygen atoms in total. The predicted molar refractivity (Wildman–Crippen MR) is 145 cm³/mol. The zero-order valence-corrected chi connectivity index (χ0v) is 21.7. The summed E-state index contributed by atoms with van der Waals surface area (Å²) in [7, 11) is 0. The highest BCUT2D eigenvalue weighted by molar-refractivity contribution is 6.68. The third-order valence-corrected chi connectivity index (χ3v) is 6.90. The smallest absolute Gasteiger partial charge is 0.0874 e. The minimum atomic E-state index is 0.0762. The molecule has 0 aromatic heterocycles. The third kappa shape index (κ3) is 5.11. The third-order valence-electron chi connectivity index (χ3n) is 6.90. The van der Waals surface area contributed by atoms with Gasteiger partial charge >= 0.3 is 0 Å². The highest BCUT2D eigenvalue weighted by Crippen LogP contribution is 2.37. The maximum Gasteiger partial charge on any atom is 0.0874 e. The Bertz CT molecular complexity index is 1110. The van der Waals surface area contributed by atoms with Gasteiger partial charge in [0.15, 0.2) is 0 Å². The molecule has 1 aliphatic rings. The fourth-order valence-corrected chi connectivity index (χ4v) is 4.56. The Morgan fingerprint density at radius 2 is 1.15 bits per heavy atom. The van der Waals surface area contributed by atoms with Gasteiger partial charge in [-0.05, 0) is 57.4 Å². The van der Waals surface area contributed by atoms with E-state index in [0.29, 0.717) is 17.3 Å². The maximum atomic E-state index is 8.91. The average molecular weight is 441 g/mol. The van der Waals surface area contributed by atoms with E-state index in [0.717, 1.165) is 35.1 Å². The Hall–Kier alpha value is -2.74. The van der Waals surface area contributed by atoms with Crippen LogP contribution in [-0.2, 0) is 10.8 Å². The number of benzene rings is 2. The summed E-state index contributed by atoms with van der Waals surface area (Å²) in [5.41, 5.74) is 8.45. The van der Waals surface area contributed by atoms with E-state index in [1.165, 1.54) is 16.7 Å². The van der Waals surface area contributed by atoms with Gasteiger partial charge in [0.25, 0.3) is 0 Å². The summed E-state index contributed by atoms with van der Waals surface area (Å²) < 4.78 is 0. The standard InChI is InChI=1S/C31H40N2/c1-9-20(10-2)27-19-23(31(6,7)8)15-16-25(27)26-18-17-24(28(32)29(26)33)21-11-13-22(14-12-21)30(3,4)5/h11-20,32-33H,9-10H2,1-8H3. The SMILES string of the molecule is CCC(CC)c1cc(C(C)(C)C)ccc1C1=CC=C(c2ccc(C(C)(C)C)cc2)C(=N)C1=N. The lowest BCUT2D eigenvalue weighted by atomic mass is 9.78. The predicted octanol–water partition coefficient (Wildman–Crippen LogP) is 8.71. The fraction of sp³-hybridized carbons (Fsp3) is 0.419. The molecule has 0 fully saturated rings. The van der Waals surface area contributed by atoms with Crippen LogP contribution in [0.3, 0.4) is 0 Å². The summed E-state index contributed by atoms with van der Waals surface area (Å²) >= 11 is 0. The van der Waals surface area contributed by atoms with Crippen molar-refractivity contribution in [1.29, 1.82) is 10.8 Å². The first kappa shape index (κ1) is 24.9. The second-order valence-corrected chi connectivity index (χ2v) is 11.3. The van der Waals surface area contributed by atoms with Crippen LogP contribution < -0.4 is 0 Å². The fourth-order valence-electron chi connectivity index (χ4n) is 4.56. The molecule has 2 N–H and O–H groups in total. The lowest BCUT2D eigenvalue weighted by molar-refractivity contribution is 0.583. The van der Waals surface area contributed by atoms with Crippen LogP contribution in [0.25, 0.3) is 11.1 Å². The van der Waals surface area contributed by atoms with Gasteiger partial charge < -0.3 is 0 Å². The first-order chi connectivity index (χ1) is 15.4. The van der Waals surface area contributed by atoms with Crippen LogP contribution in [0.2, 0.25) is 0 Å². The van der Waals surface area contributed by atoms with E-state index in [9.17, 15) is 0 Å². The van der Waals surface area contributed by atoms with Crippen molar-refractivity contribution in [1.82, 2.24) is 0 Å². The van der Waals surface area contributed by atoms with E-state index in [-0.39, 0.29) is 10.8 Å². The molecule has 2 aromatic carbocycles. The first-order valence-electron chi connectivity index (χ1n) is 12.2. The van der Waals surface area contributed by atoms with Crippen molar-refractivity contribution < 1.29 is 0 Å². The molecule has 0 heterocycles. The molecule has 2 heteroatoms. The molecule has 0 unspecified atom stereocenters. The average Bonchev–Trinajstić information content (AvgIpc) is 2.75. The number of nitrogens with one attached hydrogen (secondary N) is 2. The molecule has 0 saturated heterocycles. The van der Waals surface area contributed by atoms with E-state index in [1.807, 2.05) is 12.2 Å². The molecule has 1 aliphatic carbocycles. The number of rotatable bonds is 5. The quantitative estimate of drug-likeness (QED) is 0.437. The molecule has 0 atom stereocenters. The summed E-state index contributed by atoms with van der Waals surface area (Å²) in [6.07, 6.45) is 6.20. The van der Waals surface area contributed by atoms with Crippen LogP contribution in [0.4, 0.5) is 0 Å². The summed E-state index contributed by atoms with van der Waals surface area (Å²) in [5.74, 6) is 0.445. The number of hydrogen-bond acceptors (Lipinski definition) is 2. The van der Waals surface area contributed by atoms with Gasteiger partial charge in [-0.15, -0.1) is 0 Å². The Morgan fingerprint density at radius 1 is 0.667 bits per heavy atom. The van der Waals surface area contributed by atoms with Gasteiger partial charge in [0.1, 0.15) is 0 Å². The first-order valence-corrected chi connectivity index (χ1v) is 12.2. The molecule has 3 rings (SSSR count). The summed E-state index contributed by atoms with van der Waals surface area (Å²) in [6.45, 7) is 17.8. The number of allylic oxidation sites excluding steroid dienone is 4. The molecular formula is C31H40N2. The Balaban J connectivity index is 2.09. The molecule has 0 amide bonds. The van der Waals surface area contributed by atoms with Crippen molar-refractivity contribution in [2.24, 2.45) is 0 Å². The molecule has 0 saturated carbocycles. The van der Waals surface area contributed by atoms with E-state index in [2.05, 4.69) is 97.9 Å². The van der Waals surface area contributed by atoms with E-state index in [1.54, 1.807) is 0 Å². The lowest BCUT2D eigenvalue weighted by Crippen LogP contribution is -2.20. The minimum Gasteiger partial charge on any atom is -0.298 e. The second kappa shape index (κ2) is 9.25. The monoisotopic (exact) mass is 440 g/mol. The second-order valence-electron chi connectivity index (χ2n) is 11.3. The molecule has 33 heavy (non-hydrogen) atoms. The largest absolute Gasteiger partial charge is 0.298 e. The van der Waals surface area contributed by atoms with Crippen LogP contribution in [0.5, 0.6) is 0 Å². The molecule has 0 aliphatic heterocycles. The normalized spacial score (nSPS) is 15.1. The Kier molecular flexibility index (Phi) is 6.98. The van der Waals surface area contributed by atoms with Crippen LogP contribution in [0.15, 0.2) is 54.6 Å². The zero-order chi connectivity index (χ0) is 24.6. The zero-order valence-electron chi connectivity index (χ0n) is 21.7. The van der Waals surface area contributed by atoms with E-state index in [4.69, 9.17) is 10.8 Å². The van der Waals surface area contributed by atoms with Crippen molar-refractivity contribution >= 4 is 22.6 Å². The highest BCUT2D eigenvalue weighted by atomic mass is 14.6. The molecule has 0 bridgehead atoms. The topological polar surface area (TPSA) is 47.7 Å². The van der Waals surface area contributed by atoms with Gasteiger partial charge in [0.2, 0.25) is 0 Å². The molecule has 0 radical (unpaired) electrons. The van der Waals surface area contributed by atoms with Gasteiger partial charge in [0.05, 0.1) is 11.4 Å². The van der Waals surface area contributed by atoms with Crippen LogP contribution in [0.1, 0.15) is 102 Å².